The lowest BCUT2D eigenvalue weighted by molar-refractivity contribution is -0.147. The van der Waals surface area contributed by atoms with Gasteiger partial charge < -0.3 is 31.4 Å². The fraction of sp³-hybridized carbons (Fsp3) is 0.269. The lowest BCUT2D eigenvalue weighted by atomic mass is 9.69. The molecule has 5 heterocycles. The molecule has 332 valence electrons. The Labute approximate surface area is 383 Å². The van der Waals surface area contributed by atoms with Gasteiger partial charge in [0.05, 0.1) is 22.2 Å². The van der Waals surface area contributed by atoms with Crippen molar-refractivity contribution in [3.8, 4) is 45.8 Å². The number of nitrogens with two attached hydrogens (primary N) is 2. The number of anilines is 1. The fourth-order valence-electron chi connectivity index (χ4n) is 8.43. The van der Waals surface area contributed by atoms with Crippen molar-refractivity contribution >= 4 is 28.3 Å². The highest BCUT2D eigenvalue weighted by Gasteiger charge is 2.45. The van der Waals surface area contributed by atoms with Gasteiger partial charge in [-0.1, -0.05) is 122 Å². The van der Waals surface area contributed by atoms with E-state index in [1.54, 1.807) is 19.4 Å². The molecular weight excluding hydrogens is 835 g/mol. The highest BCUT2D eigenvalue weighted by Crippen LogP contribution is 2.53. The van der Waals surface area contributed by atoms with Crippen LogP contribution in [0.4, 0.5) is 5.13 Å². The summed E-state index contributed by atoms with van der Waals surface area (Å²) in [5, 5.41) is 21.1. The maximum Gasteiger partial charge on any atom is 0.310 e. The van der Waals surface area contributed by atoms with Crippen molar-refractivity contribution in [2.75, 3.05) is 5.32 Å². The first-order valence-electron chi connectivity index (χ1n) is 21.4. The van der Waals surface area contributed by atoms with Gasteiger partial charge in [-0.05, 0) is 76.9 Å². The van der Waals surface area contributed by atoms with Crippen LogP contribution in [-0.2, 0) is 20.7 Å². The number of pyridine rings is 2. The van der Waals surface area contributed by atoms with Gasteiger partial charge in [-0.2, -0.15) is 0 Å². The summed E-state index contributed by atoms with van der Waals surface area (Å²) < 4.78 is 12.3. The average molecular weight is 888 g/mol. The van der Waals surface area contributed by atoms with E-state index in [2.05, 4.69) is 15.5 Å². The predicted molar refractivity (Wildman–Crippen MR) is 254 cm³/mol. The number of fused-ring (bicyclic) bond motifs is 4. The van der Waals surface area contributed by atoms with Crippen molar-refractivity contribution in [2.45, 2.75) is 78.3 Å². The third-order valence-electron chi connectivity index (χ3n) is 12.3. The monoisotopic (exact) mass is 887 g/mol. The Morgan fingerprint density at radius 3 is 1.42 bits per heavy atom. The Bertz CT molecular complexity index is 2880. The summed E-state index contributed by atoms with van der Waals surface area (Å²) in [7, 11) is 0. The first kappa shape index (κ1) is 44.8. The summed E-state index contributed by atoms with van der Waals surface area (Å²) in [5.74, 6) is 0.667. The van der Waals surface area contributed by atoms with Gasteiger partial charge in [0.15, 0.2) is 0 Å². The Hall–Kier alpha value is -6.80. The molecule has 2 atom stereocenters. The quantitative estimate of drug-likeness (QED) is 0.108. The number of benzene rings is 4. The van der Waals surface area contributed by atoms with E-state index in [4.69, 9.17) is 30.9 Å². The Kier molecular flexibility index (Phi) is 11.7. The third-order valence-corrected chi connectivity index (χ3v) is 12.9. The molecule has 13 heteroatoms. The van der Waals surface area contributed by atoms with Crippen molar-refractivity contribution in [2.24, 2.45) is 22.3 Å². The molecule has 7 aromatic rings. The first-order valence-corrected chi connectivity index (χ1v) is 22.3. The van der Waals surface area contributed by atoms with Crippen LogP contribution in [0.3, 0.4) is 0 Å². The van der Waals surface area contributed by atoms with Crippen LogP contribution in [0.2, 0.25) is 0 Å². The topological polar surface area (TPSA) is 188 Å². The minimum absolute atomic E-state index is 0.147. The minimum Gasteiger partial charge on any atom is -0.481 e. The number of hydrogen-bond donors (Lipinski definition) is 4. The van der Waals surface area contributed by atoms with Crippen LogP contribution in [0.5, 0.6) is 23.3 Å². The largest absolute Gasteiger partial charge is 0.481 e. The molecule has 0 bridgehead atoms. The maximum absolute atomic E-state index is 13.4. The molecule has 0 saturated carbocycles. The molecule has 0 saturated heterocycles. The number of aromatic nitrogens is 4. The van der Waals surface area contributed by atoms with Gasteiger partial charge in [0, 0.05) is 56.3 Å². The molecule has 12 nitrogen and oxygen atoms in total. The lowest BCUT2D eigenvalue weighted by Crippen LogP contribution is -2.38. The summed E-state index contributed by atoms with van der Waals surface area (Å²) in [6.07, 6.45) is 0. The van der Waals surface area contributed by atoms with Gasteiger partial charge in [0.25, 0.3) is 0 Å². The van der Waals surface area contributed by atoms with Gasteiger partial charge in [-0.3, -0.25) is 9.59 Å². The standard InChI is InChI=1S/C27H27N5O2S.C25H26N2O3/c1-26(2,24(33)31-25-32-29-15-35-25)22-18-7-5-6-8-21(18)34-23-19(22)13-14-20(30-23)16-9-11-17(12-10-16)27(3,4)28;1-24(2,23(28)29)21-17-7-5-6-8-20(17)30-22-18(21)13-14-19(27-22)15-9-11-16(12-10-15)25(3,4)26/h5-15,22H,28H2,1-4H3,(H,31,32,33);5-14,21H,26H2,1-4H3,(H,28,29)/t22-;21-/m00/s1. The summed E-state index contributed by atoms with van der Waals surface area (Å²) in [6.45, 7) is 15.2. The zero-order valence-electron chi connectivity index (χ0n) is 37.7. The summed E-state index contributed by atoms with van der Waals surface area (Å²) in [4.78, 5) is 35.1. The zero-order valence-corrected chi connectivity index (χ0v) is 38.5. The number of carbonyl (C=O) groups is 2. The second-order valence-electron chi connectivity index (χ2n) is 18.9. The number of rotatable bonds is 9. The van der Waals surface area contributed by atoms with Crippen molar-refractivity contribution in [3.63, 3.8) is 0 Å². The van der Waals surface area contributed by atoms with Gasteiger partial charge in [-0.15, -0.1) is 10.2 Å². The van der Waals surface area contributed by atoms with E-state index in [1.807, 2.05) is 163 Å². The number of ether oxygens (including phenoxy) is 2. The average Bonchev–Trinajstić information content (AvgIpc) is 3.79. The predicted octanol–water partition coefficient (Wildman–Crippen LogP) is 11.0. The van der Waals surface area contributed by atoms with E-state index in [1.165, 1.54) is 11.3 Å². The number of nitrogens with zero attached hydrogens (tertiary/aromatic N) is 4. The number of para-hydroxylation sites is 2. The van der Waals surface area contributed by atoms with Crippen LogP contribution >= 0.6 is 11.3 Å². The Morgan fingerprint density at radius 1 is 0.585 bits per heavy atom. The van der Waals surface area contributed by atoms with Crippen LogP contribution < -0.4 is 26.3 Å². The molecule has 4 aromatic carbocycles. The van der Waals surface area contributed by atoms with Crippen LogP contribution in [0, 0.1) is 10.8 Å². The smallest absolute Gasteiger partial charge is 0.310 e. The molecule has 2 aliphatic rings. The number of carbonyl (C=O) groups excluding carboxylic acids is 1. The second kappa shape index (κ2) is 17.0. The van der Waals surface area contributed by atoms with E-state index in [0.29, 0.717) is 28.4 Å². The molecule has 0 unspecified atom stereocenters. The summed E-state index contributed by atoms with van der Waals surface area (Å²) >= 11 is 1.29. The maximum atomic E-state index is 13.4. The molecule has 0 aliphatic carbocycles. The molecule has 0 fully saturated rings. The van der Waals surface area contributed by atoms with Crippen LogP contribution in [0.25, 0.3) is 22.5 Å². The second-order valence-corrected chi connectivity index (χ2v) is 19.7. The molecule has 2 aliphatic heterocycles. The number of aliphatic carboxylic acids is 1. The molecule has 3 aromatic heterocycles. The molecule has 65 heavy (non-hydrogen) atoms. The zero-order chi connectivity index (χ0) is 46.5. The normalized spacial score (nSPS) is 15.4. The highest BCUT2D eigenvalue weighted by molar-refractivity contribution is 7.13. The van der Waals surface area contributed by atoms with Crippen molar-refractivity contribution < 1.29 is 24.2 Å². The number of amides is 1. The van der Waals surface area contributed by atoms with Gasteiger partial charge in [0.2, 0.25) is 22.8 Å². The van der Waals surface area contributed by atoms with Crippen LogP contribution in [-0.4, -0.2) is 37.1 Å². The van der Waals surface area contributed by atoms with E-state index < -0.39 is 27.9 Å². The lowest BCUT2D eigenvalue weighted by Gasteiger charge is -2.37. The summed E-state index contributed by atoms with van der Waals surface area (Å²) in [5.41, 5.74) is 20.3. The van der Waals surface area contributed by atoms with Crippen molar-refractivity contribution in [3.05, 3.63) is 160 Å². The fourth-order valence-corrected chi connectivity index (χ4v) is 8.87. The van der Waals surface area contributed by atoms with E-state index in [-0.39, 0.29) is 17.7 Å². The van der Waals surface area contributed by atoms with Crippen molar-refractivity contribution in [1.82, 2.24) is 20.2 Å². The van der Waals surface area contributed by atoms with E-state index in [0.717, 1.165) is 55.9 Å². The summed E-state index contributed by atoms with van der Waals surface area (Å²) in [6, 6.07) is 39.3. The van der Waals surface area contributed by atoms with Gasteiger partial charge >= 0.3 is 5.97 Å². The minimum atomic E-state index is -1.02. The molecule has 1 amide bonds. The molecule has 0 radical (unpaired) electrons. The molecular formula is C52H53N7O5S. The van der Waals surface area contributed by atoms with Crippen molar-refractivity contribution in [1.29, 1.82) is 0 Å². The number of hydrogen-bond acceptors (Lipinski definition) is 11. The molecule has 0 spiro atoms. The van der Waals surface area contributed by atoms with Gasteiger partial charge in [0.1, 0.15) is 17.0 Å². The molecule has 6 N–H and O–H groups in total. The Balaban J connectivity index is 0.000000179. The SMILES string of the molecule is CC(C)(N)c1ccc(-c2ccc3c(n2)Oc2ccccc2[C@@H]3C(C)(C)C(=O)Nc2nncs2)cc1.CC(C)(N)c1ccc(-c2ccc3c(n2)Oc2ccccc2[C@@H]3C(C)(C)C(=O)O)cc1. The van der Waals surface area contributed by atoms with E-state index in [9.17, 15) is 14.7 Å². The Morgan fingerprint density at radius 2 is 1.02 bits per heavy atom. The van der Waals surface area contributed by atoms with E-state index >= 15 is 0 Å². The third kappa shape index (κ3) is 8.87. The molecule has 9 rings (SSSR count). The first-order chi connectivity index (χ1) is 30.7. The van der Waals surface area contributed by atoms with Crippen LogP contribution in [0.15, 0.2) is 127 Å². The number of nitrogens with one attached hydrogen (secondary N) is 1. The van der Waals surface area contributed by atoms with Gasteiger partial charge in [-0.25, -0.2) is 9.97 Å². The van der Waals surface area contributed by atoms with Crippen LogP contribution in [0.1, 0.15) is 101 Å². The number of carboxylic acid groups (broad SMARTS) is 1. The highest BCUT2D eigenvalue weighted by atomic mass is 32.1. The number of carboxylic acids is 1.